The van der Waals surface area contributed by atoms with Crippen LogP contribution in [0.5, 0.6) is 0 Å². The van der Waals surface area contributed by atoms with Gasteiger partial charge >= 0.3 is 0 Å². The van der Waals surface area contributed by atoms with Crippen LogP contribution in [0.4, 0.5) is 10.1 Å². The van der Waals surface area contributed by atoms with Crippen molar-refractivity contribution in [2.24, 2.45) is 0 Å². The Morgan fingerprint density at radius 2 is 1.68 bits per heavy atom. The fourth-order valence-corrected chi connectivity index (χ4v) is 3.35. The Bertz CT molecular complexity index is 861. The maximum absolute atomic E-state index is 12.9. The van der Waals surface area contributed by atoms with Crippen molar-refractivity contribution in [3.63, 3.8) is 0 Å². The predicted molar refractivity (Wildman–Crippen MR) is 82.6 cm³/mol. The van der Waals surface area contributed by atoms with Gasteiger partial charge in [-0.3, -0.25) is 4.72 Å². The molecule has 0 atom stereocenters. The van der Waals surface area contributed by atoms with Gasteiger partial charge in [-0.2, -0.15) is 0 Å². The van der Waals surface area contributed by atoms with E-state index in [9.17, 15) is 12.8 Å². The maximum atomic E-state index is 12.9. The highest BCUT2D eigenvalue weighted by Gasteiger charge is 2.14. The largest absolute Gasteiger partial charge is 0.280 e. The Morgan fingerprint density at radius 1 is 1.00 bits per heavy atom. The van der Waals surface area contributed by atoms with E-state index in [1.54, 1.807) is 29.6 Å². The fourth-order valence-electron chi connectivity index (χ4n) is 1.83. The summed E-state index contributed by atoms with van der Waals surface area (Å²) in [5, 5.41) is 5.74. The van der Waals surface area contributed by atoms with Crippen LogP contribution in [0, 0.1) is 5.82 Å². The zero-order chi connectivity index (χ0) is 15.6. The van der Waals surface area contributed by atoms with Crippen molar-refractivity contribution in [2.45, 2.75) is 4.90 Å². The molecular formula is C14H10FN3O2S2. The Balaban J connectivity index is 1.82. The summed E-state index contributed by atoms with van der Waals surface area (Å²) in [6.45, 7) is 0. The van der Waals surface area contributed by atoms with Crippen molar-refractivity contribution in [1.29, 1.82) is 0 Å². The number of rotatable bonds is 4. The van der Waals surface area contributed by atoms with Gasteiger partial charge in [0.25, 0.3) is 10.0 Å². The van der Waals surface area contributed by atoms with Crippen LogP contribution in [0.25, 0.3) is 11.3 Å². The molecule has 3 aromatic rings. The van der Waals surface area contributed by atoms with E-state index < -0.39 is 15.8 Å². The van der Waals surface area contributed by atoms with Crippen LogP contribution in [0.3, 0.4) is 0 Å². The Morgan fingerprint density at radius 3 is 2.27 bits per heavy atom. The highest BCUT2D eigenvalue weighted by Crippen LogP contribution is 2.22. The minimum Gasteiger partial charge on any atom is -0.280 e. The third-order valence-corrected chi connectivity index (χ3v) is 4.82. The highest BCUT2D eigenvalue weighted by atomic mass is 32.2. The molecule has 0 saturated heterocycles. The van der Waals surface area contributed by atoms with Gasteiger partial charge in [0.05, 0.1) is 4.90 Å². The summed E-state index contributed by atoms with van der Waals surface area (Å²) in [6, 6.07) is 11.4. The number of nitrogens with zero attached hydrogens (tertiary/aromatic N) is 2. The maximum Gasteiger partial charge on any atom is 0.261 e. The van der Waals surface area contributed by atoms with Crippen LogP contribution in [-0.4, -0.2) is 18.0 Å². The molecule has 1 heterocycles. The molecule has 1 N–H and O–H groups in total. The van der Waals surface area contributed by atoms with Crippen molar-refractivity contribution in [3.8, 4) is 11.3 Å². The second-order valence-corrected chi connectivity index (χ2v) is 6.72. The summed E-state index contributed by atoms with van der Waals surface area (Å²) in [5.74, 6) is -0.486. The number of nitrogens with one attached hydrogen (secondary N) is 1. The fraction of sp³-hybridized carbons (Fsp3) is 0. The Labute approximate surface area is 130 Å². The summed E-state index contributed by atoms with van der Waals surface area (Å²) in [6.07, 6.45) is 0. The topological polar surface area (TPSA) is 72.0 Å². The molecule has 0 aliphatic rings. The van der Waals surface area contributed by atoms with Gasteiger partial charge < -0.3 is 0 Å². The number of aromatic nitrogens is 2. The molecule has 2 aromatic carbocycles. The quantitative estimate of drug-likeness (QED) is 0.795. The number of hydrogen-bond donors (Lipinski definition) is 1. The van der Waals surface area contributed by atoms with E-state index in [4.69, 9.17) is 0 Å². The number of sulfonamides is 1. The monoisotopic (exact) mass is 335 g/mol. The van der Waals surface area contributed by atoms with Crippen molar-refractivity contribution >= 4 is 27.2 Å². The smallest absolute Gasteiger partial charge is 0.261 e. The summed E-state index contributed by atoms with van der Waals surface area (Å²) >= 11 is 1.24. The molecule has 0 aliphatic carbocycles. The van der Waals surface area contributed by atoms with Gasteiger partial charge in [-0.05, 0) is 47.9 Å². The summed E-state index contributed by atoms with van der Waals surface area (Å²) in [4.78, 5) is 0.00155. The molecule has 0 spiro atoms. The number of benzene rings is 2. The summed E-state index contributed by atoms with van der Waals surface area (Å²) < 4.78 is 43.4. The van der Waals surface area contributed by atoms with Crippen LogP contribution in [0.15, 0.2) is 58.8 Å². The number of hydrogen-bond acceptors (Lipinski definition) is 5. The zero-order valence-corrected chi connectivity index (χ0v) is 12.7. The molecular weight excluding hydrogens is 325 g/mol. The first-order chi connectivity index (χ1) is 10.5. The molecule has 0 unspecified atom stereocenters. The number of halogens is 1. The highest BCUT2D eigenvalue weighted by molar-refractivity contribution is 7.92. The molecule has 0 aliphatic heterocycles. The summed E-state index contributed by atoms with van der Waals surface area (Å²) in [7, 11) is -3.74. The standard InChI is InChI=1S/C14H10FN3O2S2/c15-11-3-7-13(8-4-11)22(19,20)17-12-5-1-10(2-6-12)14-9-21-18-16-14/h1-9,17H. The van der Waals surface area contributed by atoms with Crippen molar-refractivity contribution in [2.75, 3.05) is 4.72 Å². The lowest BCUT2D eigenvalue weighted by molar-refractivity contribution is 0.599. The van der Waals surface area contributed by atoms with Gasteiger partial charge in [0.2, 0.25) is 0 Å². The summed E-state index contributed by atoms with van der Waals surface area (Å²) in [5.41, 5.74) is 1.99. The number of anilines is 1. The molecule has 5 nitrogen and oxygen atoms in total. The van der Waals surface area contributed by atoms with Crippen LogP contribution in [0.2, 0.25) is 0 Å². The van der Waals surface area contributed by atoms with E-state index in [1.807, 2.05) is 0 Å². The molecule has 0 amide bonds. The van der Waals surface area contributed by atoms with E-state index in [0.717, 1.165) is 23.4 Å². The zero-order valence-electron chi connectivity index (χ0n) is 11.1. The lowest BCUT2D eigenvalue weighted by atomic mass is 10.2. The van der Waals surface area contributed by atoms with Crippen LogP contribution >= 0.6 is 11.5 Å². The van der Waals surface area contributed by atoms with Gasteiger partial charge in [0, 0.05) is 16.6 Å². The molecule has 0 radical (unpaired) electrons. The lowest BCUT2D eigenvalue weighted by Gasteiger charge is -2.08. The molecule has 0 fully saturated rings. The van der Waals surface area contributed by atoms with Crippen molar-refractivity contribution in [3.05, 3.63) is 59.7 Å². The molecule has 3 rings (SSSR count). The average molecular weight is 335 g/mol. The Hall–Kier alpha value is -2.32. The molecule has 0 saturated carbocycles. The molecule has 22 heavy (non-hydrogen) atoms. The van der Waals surface area contributed by atoms with Gasteiger partial charge in [0.15, 0.2) is 0 Å². The SMILES string of the molecule is O=S(=O)(Nc1ccc(-c2csnn2)cc1)c1ccc(F)cc1. The predicted octanol–water partition coefficient (Wildman–Crippen LogP) is 3.15. The minimum absolute atomic E-state index is 0.00155. The van der Waals surface area contributed by atoms with Crippen molar-refractivity contribution in [1.82, 2.24) is 9.59 Å². The molecule has 0 bridgehead atoms. The first-order valence-electron chi connectivity index (χ1n) is 6.20. The van der Waals surface area contributed by atoms with E-state index in [1.165, 1.54) is 23.7 Å². The first-order valence-corrected chi connectivity index (χ1v) is 8.52. The third kappa shape index (κ3) is 3.12. The lowest BCUT2D eigenvalue weighted by Crippen LogP contribution is -2.12. The van der Waals surface area contributed by atoms with Gasteiger partial charge in [-0.25, -0.2) is 12.8 Å². The van der Waals surface area contributed by atoms with E-state index in [-0.39, 0.29) is 4.90 Å². The van der Waals surface area contributed by atoms with E-state index >= 15 is 0 Å². The van der Waals surface area contributed by atoms with E-state index in [0.29, 0.717) is 5.69 Å². The average Bonchev–Trinajstić information content (AvgIpc) is 3.02. The minimum atomic E-state index is -3.74. The van der Waals surface area contributed by atoms with Crippen LogP contribution < -0.4 is 4.72 Å². The molecule has 8 heteroatoms. The van der Waals surface area contributed by atoms with Crippen LogP contribution in [0.1, 0.15) is 0 Å². The van der Waals surface area contributed by atoms with Gasteiger partial charge in [0.1, 0.15) is 11.5 Å². The normalized spacial score (nSPS) is 11.3. The second kappa shape index (κ2) is 5.82. The van der Waals surface area contributed by atoms with Crippen LogP contribution in [-0.2, 0) is 10.0 Å². The van der Waals surface area contributed by atoms with Gasteiger partial charge in [-0.1, -0.05) is 16.6 Å². The van der Waals surface area contributed by atoms with Crippen molar-refractivity contribution < 1.29 is 12.8 Å². The first kappa shape index (κ1) is 14.6. The Kier molecular flexibility index (Phi) is 3.86. The molecule has 1 aromatic heterocycles. The third-order valence-electron chi connectivity index (χ3n) is 2.92. The second-order valence-electron chi connectivity index (χ2n) is 4.43. The van der Waals surface area contributed by atoms with E-state index in [2.05, 4.69) is 14.3 Å². The van der Waals surface area contributed by atoms with Gasteiger partial charge in [-0.15, -0.1) is 5.10 Å². The molecule has 112 valence electrons.